The van der Waals surface area contributed by atoms with Gasteiger partial charge in [0.25, 0.3) is 0 Å². The number of nitrogens with zero attached hydrogens (tertiary/aromatic N) is 5. The lowest BCUT2D eigenvalue weighted by Crippen LogP contribution is -2.30. The lowest BCUT2D eigenvalue weighted by Gasteiger charge is -2.27. The van der Waals surface area contributed by atoms with Crippen LogP contribution in [0.1, 0.15) is 17.1 Å². The second-order valence-electron chi connectivity index (χ2n) is 5.29. The molecule has 0 atom stereocenters. The van der Waals surface area contributed by atoms with Gasteiger partial charge >= 0.3 is 0 Å². The van der Waals surface area contributed by atoms with Gasteiger partial charge in [0.15, 0.2) is 0 Å². The van der Waals surface area contributed by atoms with Crippen molar-refractivity contribution in [2.45, 2.75) is 13.0 Å². The average Bonchev–Trinajstić information content (AvgIpc) is 3.06. The van der Waals surface area contributed by atoms with Gasteiger partial charge in [0, 0.05) is 31.0 Å². The molecule has 1 aliphatic rings. The molecule has 0 fully saturated rings. The van der Waals surface area contributed by atoms with Crippen molar-refractivity contribution in [3.63, 3.8) is 0 Å². The summed E-state index contributed by atoms with van der Waals surface area (Å²) in [6.07, 6.45) is 4.16. The monoisotopic (exact) mass is 303 g/mol. The molecule has 3 aromatic rings. The molecule has 0 radical (unpaired) electrons. The van der Waals surface area contributed by atoms with Crippen LogP contribution in [0.3, 0.4) is 0 Å². The summed E-state index contributed by atoms with van der Waals surface area (Å²) < 4.78 is 5.86. The van der Waals surface area contributed by atoms with E-state index in [0.29, 0.717) is 18.1 Å². The van der Waals surface area contributed by atoms with E-state index in [4.69, 9.17) is 9.68 Å². The first-order chi connectivity index (χ1) is 11.3. The van der Waals surface area contributed by atoms with Gasteiger partial charge in [0.1, 0.15) is 28.9 Å². The third kappa shape index (κ3) is 2.53. The highest BCUT2D eigenvalue weighted by molar-refractivity contribution is 5.52. The van der Waals surface area contributed by atoms with Gasteiger partial charge < -0.3 is 9.32 Å². The highest BCUT2D eigenvalue weighted by Crippen LogP contribution is 2.27. The highest BCUT2D eigenvalue weighted by Gasteiger charge is 2.23. The Labute approximate surface area is 133 Å². The quantitative estimate of drug-likeness (QED) is 0.724. The fraction of sp³-hybridized carbons (Fsp3) is 0.176. The van der Waals surface area contributed by atoms with Crippen LogP contribution in [0, 0.1) is 11.3 Å². The van der Waals surface area contributed by atoms with Gasteiger partial charge in [-0.2, -0.15) is 5.26 Å². The highest BCUT2D eigenvalue weighted by atomic mass is 16.4. The molecule has 6 nitrogen and oxygen atoms in total. The van der Waals surface area contributed by atoms with Crippen molar-refractivity contribution in [2.24, 2.45) is 0 Å². The van der Waals surface area contributed by atoms with E-state index in [0.717, 1.165) is 35.8 Å². The van der Waals surface area contributed by atoms with E-state index in [-0.39, 0.29) is 0 Å². The van der Waals surface area contributed by atoms with Crippen molar-refractivity contribution in [3.8, 4) is 17.7 Å². The van der Waals surface area contributed by atoms with Gasteiger partial charge in [-0.15, -0.1) is 0 Å². The second-order valence-corrected chi connectivity index (χ2v) is 5.29. The van der Waals surface area contributed by atoms with E-state index in [1.54, 1.807) is 18.5 Å². The zero-order valence-electron chi connectivity index (χ0n) is 12.3. The Morgan fingerprint density at radius 1 is 1.17 bits per heavy atom. The standard InChI is InChI=1S/C17H13N5O/c18-10-12-9-13(4-7-19-12)22-8-5-16-15(11-22)21-17(23-16)14-3-1-2-6-20-14/h1-4,6-7,9H,5,8,11H2. The lowest BCUT2D eigenvalue weighted by atomic mass is 10.1. The molecular formula is C17H13N5O. The van der Waals surface area contributed by atoms with Crippen LogP contribution >= 0.6 is 0 Å². The summed E-state index contributed by atoms with van der Waals surface area (Å²) in [6, 6.07) is 11.4. The van der Waals surface area contributed by atoms with E-state index in [1.807, 2.05) is 24.3 Å². The number of hydrogen-bond donors (Lipinski definition) is 0. The van der Waals surface area contributed by atoms with Gasteiger partial charge in [-0.3, -0.25) is 4.98 Å². The van der Waals surface area contributed by atoms with Gasteiger partial charge in [-0.1, -0.05) is 6.07 Å². The minimum atomic E-state index is 0.419. The number of rotatable bonds is 2. The van der Waals surface area contributed by atoms with Crippen molar-refractivity contribution in [2.75, 3.05) is 11.4 Å². The predicted octanol–water partition coefficient (Wildman–Crippen LogP) is 2.57. The predicted molar refractivity (Wildman–Crippen MR) is 83.4 cm³/mol. The van der Waals surface area contributed by atoms with Gasteiger partial charge in [0.05, 0.1) is 6.54 Å². The van der Waals surface area contributed by atoms with Crippen molar-refractivity contribution in [1.29, 1.82) is 5.26 Å². The Kier molecular flexibility index (Phi) is 3.24. The fourth-order valence-electron chi connectivity index (χ4n) is 2.69. The zero-order chi connectivity index (χ0) is 15.6. The zero-order valence-corrected chi connectivity index (χ0v) is 12.3. The molecule has 4 heterocycles. The molecule has 112 valence electrons. The molecule has 0 N–H and O–H groups in total. The summed E-state index contributed by atoms with van der Waals surface area (Å²) in [5, 5.41) is 8.98. The number of anilines is 1. The van der Waals surface area contributed by atoms with Crippen LogP contribution in [0.4, 0.5) is 5.69 Å². The van der Waals surface area contributed by atoms with Crippen LogP contribution in [0.15, 0.2) is 47.1 Å². The molecular weight excluding hydrogens is 290 g/mol. The maximum Gasteiger partial charge on any atom is 0.245 e. The molecule has 6 heteroatoms. The normalized spacial score (nSPS) is 13.4. The molecule has 0 saturated carbocycles. The van der Waals surface area contributed by atoms with E-state index < -0.39 is 0 Å². The summed E-state index contributed by atoms with van der Waals surface area (Å²) in [6.45, 7) is 1.47. The average molecular weight is 303 g/mol. The molecule has 0 unspecified atom stereocenters. The summed E-state index contributed by atoms with van der Waals surface area (Å²) >= 11 is 0. The Morgan fingerprint density at radius 2 is 2.13 bits per heavy atom. The molecule has 1 aliphatic heterocycles. The SMILES string of the molecule is N#Cc1cc(N2CCc3oc(-c4ccccn4)nc3C2)ccn1. The molecule has 4 rings (SSSR count). The van der Waals surface area contributed by atoms with E-state index in [1.165, 1.54) is 0 Å². The Morgan fingerprint density at radius 3 is 2.96 bits per heavy atom. The van der Waals surface area contributed by atoms with Crippen LogP contribution in [0.25, 0.3) is 11.6 Å². The fourth-order valence-corrected chi connectivity index (χ4v) is 2.69. The minimum Gasteiger partial charge on any atom is -0.439 e. The van der Waals surface area contributed by atoms with Crippen LogP contribution < -0.4 is 4.90 Å². The third-order valence-corrected chi connectivity index (χ3v) is 3.83. The molecule has 0 aromatic carbocycles. The first-order valence-electron chi connectivity index (χ1n) is 7.34. The summed E-state index contributed by atoms with van der Waals surface area (Å²) in [7, 11) is 0. The molecule has 0 aliphatic carbocycles. The first-order valence-corrected chi connectivity index (χ1v) is 7.34. The lowest BCUT2D eigenvalue weighted by molar-refractivity contribution is 0.498. The van der Waals surface area contributed by atoms with Crippen LogP contribution in [0.2, 0.25) is 0 Å². The maximum absolute atomic E-state index is 8.98. The van der Waals surface area contributed by atoms with Gasteiger partial charge in [0.2, 0.25) is 5.89 Å². The smallest absolute Gasteiger partial charge is 0.245 e. The number of oxazole rings is 1. The largest absolute Gasteiger partial charge is 0.439 e. The third-order valence-electron chi connectivity index (χ3n) is 3.83. The van der Waals surface area contributed by atoms with Crippen LogP contribution in [0.5, 0.6) is 0 Å². The molecule has 3 aromatic heterocycles. The van der Waals surface area contributed by atoms with Gasteiger partial charge in [-0.05, 0) is 24.3 Å². The summed E-state index contributed by atoms with van der Waals surface area (Å²) in [5.74, 6) is 1.47. The van der Waals surface area contributed by atoms with E-state index >= 15 is 0 Å². The maximum atomic E-state index is 8.98. The molecule has 0 spiro atoms. The number of nitriles is 1. The topological polar surface area (TPSA) is 78.8 Å². The summed E-state index contributed by atoms with van der Waals surface area (Å²) in [5.41, 5.74) is 3.06. The number of fused-ring (bicyclic) bond motifs is 1. The second kappa shape index (κ2) is 5.54. The number of pyridine rings is 2. The number of hydrogen-bond acceptors (Lipinski definition) is 6. The molecule has 0 saturated heterocycles. The van der Waals surface area contributed by atoms with Gasteiger partial charge in [-0.25, -0.2) is 9.97 Å². The molecule has 0 amide bonds. The summed E-state index contributed by atoms with van der Waals surface area (Å²) in [4.78, 5) is 15.1. The Hall–Kier alpha value is -3.20. The van der Waals surface area contributed by atoms with Crippen LogP contribution in [-0.2, 0) is 13.0 Å². The van der Waals surface area contributed by atoms with Crippen molar-refractivity contribution in [3.05, 3.63) is 59.9 Å². The minimum absolute atomic E-state index is 0.419. The van der Waals surface area contributed by atoms with Crippen molar-refractivity contribution >= 4 is 5.69 Å². The Balaban J connectivity index is 1.62. The van der Waals surface area contributed by atoms with Crippen molar-refractivity contribution < 1.29 is 4.42 Å². The van der Waals surface area contributed by atoms with Crippen LogP contribution in [-0.4, -0.2) is 21.5 Å². The van der Waals surface area contributed by atoms with Crippen molar-refractivity contribution in [1.82, 2.24) is 15.0 Å². The number of aromatic nitrogens is 3. The van der Waals surface area contributed by atoms with E-state index in [2.05, 4.69) is 25.9 Å². The Bertz CT molecular complexity index is 881. The molecule has 23 heavy (non-hydrogen) atoms. The first kappa shape index (κ1) is 13.5. The molecule has 0 bridgehead atoms. The van der Waals surface area contributed by atoms with E-state index in [9.17, 15) is 0 Å².